The van der Waals surface area contributed by atoms with Crippen LogP contribution in [0.1, 0.15) is 5.56 Å². The molecule has 1 rings (SSSR count). The van der Waals surface area contributed by atoms with Crippen molar-refractivity contribution in [3.63, 3.8) is 0 Å². The number of methoxy groups -OCH3 is 1. The molecule has 0 unspecified atom stereocenters. The van der Waals surface area contributed by atoms with E-state index in [1.165, 1.54) is 0 Å². The Hall–Kier alpha value is -1.36. The fraction of sp³-hybridized carbons (Fsp3) is 0.333. The molecule has 1 aromatic rings. The number of thiocarbonyl (C=S) groups is 1. The molecule has 14 heavy (non-hydrogen) atoms. The van der Waals surface area contributed by atoms with Gasteiger partial charge in [0.2, 0.25) is 5.88 Å². The SMILES string of the molecule is CNC(=S)NCc1ccc(OC)nc1. The van der Waals surface area contributed by atoms with Gasteiger partial charge in [0.25, 0.3) is 0 Å². The van der Waals surface area contributed by atoms with E-state index in [2.05, 4.69) is 15.6 Å². The Bertz CT molecular complexity index is 299. The molecule has 2 N–H and O–H groups in total. The smallest absolute Gasteiger partial charge is 0.212 e. The molecule has 0 saturated heterocycles. The van der Waals surface area contributed by atoms with Gasteiger partial charge in [-0.2, -0.15) is 0 Å². The summed E-state index contributed by atoms with van der Waals surface area (Å²) in [5, 5.41) is 6.48. The van der Waals surface area contributed by atoms with Crippen LogP contribution in [0.3, 0.4) is 0 Å². The highest BCUT2D eigenvalue weighted by molar-refractivity contribution is 7.80. The highest BCUT2D eigenvalue weighted by Gasteiger charge is 1.96. The first-order valence-corrected chi connectivity index (χ1v) is 4.61. The van der Waals surface area contributed by atoms with Gasteiger partial charge >= 0.3 is 0 Å². The van der Waals surface area contributed by atoms with E-state index in [4.69, 9.17) is 17.0 Å². The molecule has 0 atom stereocenters. The van der Waals surface area contributed by atoms with E-state index in [0.29, 0.717) is 17.5 Å². The zero-order valence-electron chi connectivity index (χ0n) is 8.20. The summed E-state index contributed by atoms with van der Waals surface area (Å²) >= 11 is 4.94. The van der Waals surface area contributed by atoms with Crippen molar-refractivity contribution in [2.45, 2.75) is 6.54 Å². The molecular weight excluding hydrogens is 198 g/mol. The number of nitrogens with one attached hydrogen (secondary N) is 2. The molecule has 0 aliphatic rings. The number of ether oxygens (including phenoxy) is 1. The second-order valence-electron chi connectivity index (χ2n) is 2.64. The lowest BCUT2D eigenvalue weighted by atomic mass is 10.3. The summed E-state index contributed by atoms with van der Waals surface area (Å²) in [4.78, 5) is 4.08. The van der Waals surface area contributed by atoms with Crippen molar-refractivity contribution in [1.29, 1.82) is 0 Å². The third-order valence-corrected chi connectivity index (χ3v) is 2.04. The normalized spacial score (nSPS) is 9.29. The molecule has 76 valence electrons. The highest BCUT2D eigenvalue weighted by atomic mass is 32.1. The summed E-state index contributed by atoms with van der Waals surface area (Å²) in [6.07, 6.45) is 1.75. The minimum atomic E-state index is 0.616. The van der Waals surface area contributed by atoms with Gasteiger partial charge in [0, 0.05) is 25.9 Å². The predicted octanol–water partition coefficient (Wildman–Crippen LogP) is 0.684. The van der Waals surface area contributed by atoms with Crippen LogP contribution in [0.4, 0.5) is 0 Å². The summed E-state index contributed by atoms with van der Waals surface area (Å²) in [6.45, 7) is 0.663. The van der Waals surface area contributed by atoms with Crippen molar-refractivity contribution < 1.29 is 4.74 Å². The van der Waals surface area contributed by atoms with Gasteiger partial charge in [-0.15, -0.1) is 0 Å². The molecule has 1 aromatic heterocycles. The van der Waals surface area contributed by atoms with Crippen molar-refractivity contribution in [2.75, 3.05) is 14.2 Å². The molecule has 0 bridgehead atoms. The Balaban J connectivity index is 2.47. The van der Waals surface area contributed by atoms with E-state index in [1.54, 1.807) is 20.4 Å². The van der Waals surface area contributed by atoms with E-state index in [-0.39, 0.29) is 0 Å². The van der Waals surface area contributed by atoms with Gasteiger partial charge < -0.3 is 15.4 Å². The minimum Gasteiger partial charge on any atom is -0.481 e. The van der Waals surface area contributed by atoms with Crippen LogP contribution in [-0.4, -0.2) is 24.3 Å². The van der Waals surface area contributed by atoms with Crippen molar-refractivity contribution in [3.05, 3.63) is 23.9 Å². The zero-order valence-corrected chi connectivity index (χ0v) is 9.02. The van der Waals surface area contributed by atoms with Crippen LogP contribution in [0.25, 0.3) is 0 Å². The summed E-state index contributed by atoms with van der Waals surface area (Å²) in [6, 6.07) is 3.76. The fourth-order valence-corrected chi connectivity index (χ4v) is 0.979. The summed E-state index contributed by atoms with van der Waals surface area (Å²) < 4.78 is 4.95. The average molecular weight is 211 g/mol. The Kier molecular flexibility index (Phi) is 4.12. The number of pyridine rings is 1. The van der Waals surface area contributed by atoms with Gasteiger partial charge in [0.1, 0.15) is 0 Å². The fourth-order valence-electron chi connectivity index (χ4n) is 0.907. The molecule has 5 heteroatoms. The second kappa shape index (κ2) is 5.39. The predicted molar refractivity (Wildman–Crippen MR) is 59.3 cm³/mol. The third kappa shape index (κ3) is 3.18. The number of nitrogens with zero attached hydrogens (tertiary/aromatic N) is 1. The maximum Gasteiger partial charge on any atom is 0.212 e. The van der Waals surface area contributed by atoms with E-state index in [9.17, 15) is 0 Å². The monoisotopic (exact) mass is 211 g/mol. The number of aromatic nitrogens is 1. The summed E-state index contributed by atoms with van der Waals surface area (Å²) in [7, 11) is 3.37. The molecule has 4 nitrogen and oxygen atoms in total. The topological polar surface area (TPSA) is 46.2 Å². The van der Waals surface area contributed by atoms with Gasteiger partial charge in [-0.3, -0.25) is 0 Å². The molecule has 1 heterocycles. The molecule has 0 amide bonds. The largest absolute Gasteiger partial charge is 0.481 e. The lowest BCUT2D eigenvalue weighted by molar-refractivity contribution is 0.397. The zero-order chi connectivity index (χ0) is 10.4. The molecule has 0 radical (unpaired) electrons. The number of rotatable bonds is 3. The molecule has 0 fully saturated rings. The Morgan fingerprint density at radius 2 is 2.36 bits per heavy atom. The van der Waals surface area contributed by atoms with E-state index < -0.39 is 0 Å². The summed E-state index contributed by atoms with van der Waals surface area (Å²) in [5.74, 6) is 0.616. The molecule has 0 aliphatic carbocycles. The second-order valence-corrected chi connectivity index (χ2v) is 3.05. The van der Waals surface area contributed by atoms with Crippen LogP contribution in [0.2, 0.25) is 0 Å². The van der Waals surface area contributed by atoms with E-state index in [1.807, 2.05) is 12.1 Å². The van der Waals surface area contributed by atoms with Gasteiger partial charge in [0.05, 0.1) is 7.11 Å². The molecule has 0 aromatic carbocycles. The first-order valence-electron chi connectivity index (χ1n) is 4.20. The van der Waals surface area contributed by atoms with Crippen molar-refractivity contribution in [1.82, 2.24) is 15.6 Å². The quantitative estimate of drug-likeness (QED) is 0.720. The molecular formula is C9H13N3OS. The maximum atomic E-state index is 4.95. The molecule has 0 spiro atoms. The van der Waals surface area contributed by atoms with Crippen molar-refractivity contribution in [3.8, 4) is 5.88 Å². The number of hydrogen-bond donors (Lipinski definition) is 2. The van der Waals surface area contributed by atoms with Crippen molar-refractivity contribution >= 4 is 17.3 Å². The van der Waals surface area contributed by atoms with Crippen LogP contribution in [-0.2, 0) is 6.54 Å². The van der Waals surface area contributed by atoms with E-state index >= 15 is 0 Å². The van der Waals surface area contributed by atoms with Gasteiger partial charge in [-0.25, -0.2) is 4.98 Å². The lowest BCUT2D eigenvalue weighted by Crippen LogP contribution is -2.31. The average Bonchev–Trinajstić information content (AvgIpc) is 2.26. The first-order chi connectivity index (χ1) is 6.76. The van der Waals surface area contributed by atoms with Crippen molar-refractivity contribution in [2.24, 2.45) is 0 Å². The van der Waals surface area contributed by atoms with Gasteiger partial charge in [-0.05, 0) is 17.8 Å². The standard InChI is InChI=1S/C9H13N3OS/c1-10-9(14)12-6-7-3-4-8(13-2)11-5-7/h3-5H,6H2,1-2H3,(H2,10,12,14). The lowest BCUT2D eigenvalue weighted by Gasteiger charge is -2.06. The third-order valence-electron chi connectivity index (χ3n) is 1.69. The number of hydrogen-bond acceptors (Lipinski definition) is 3. The Labute approximate surface area is 88.7 Å². The minimum absolute atomic E-state index is 0.616. The Morgan fingerprint density at radius 1 is 1.57 bits per heavy atom. The van der Waals surface area contributed by atoms with Crippen LogP contribution in [0.5, 0.6) is 5.88 Å². The first kappa shape index (κ1) is 10.7. The molecule has 0 saturated carbocycles. The Morgan fingerprint density at radius 3 is 2.86 bits per heavy atom. The highest BCUT2D eigenvalue weighted by Crippen LogP contribution is 2.05. The van der Waals surface area contributed by atoms with Crippen LogP contribution < -0.4 is 15.4 Å². The summed E-state index contributed by atoms with van der Waals surface area (Å²) in [5.41, 5.74) is 1.06. The van der Waals surface area contributed by atoms with E-state index in [0.717, 1.165) is 5.56 Å². The maximum absolute atomic E-state index is 4.95. The van der Waals surface area contributed by atoms with Gasteiger partial charge in [-0.1, -0.05) is 6.07 Å². The molecule has 0 aliphatic heterocycles. The van der Waals surface area contributed by atoms with Crippen LogP contribution in [0, 0.1) is 0 Å². The van der Waals surface area contributed by atoms with Crippen LogP contribution in [0.15, 0.2) is 18.3 Å². The van der Waals surface area contributed by atoms with Crippen LogP contribution >= 0.6 is 12.2 Å². The van der Waals surface area contributed by atoms with Gasteiger partial charge in [0.15, 0.2) is 5.11 Å².